The Labute approximate surface area is 158 Å². The van der Waals surface area contributed by atoms with Gasteiger partial charge in [0.15, 0.2) is 0 Å². The summed E-state index contributed by atoms with van der Waals surface area (Å²) < 4.78 is 19.4. The molecule has 0 saturated carbocycles. The molecule has 2 aromatic heterocycles. The lowest BCUT2D eigenvalue weighted by molar-refractivity contribution is -0.113. The number of thioether (sulfide) groups is 1. The average Bonchev–Trinajstić information content (AvgIpc) is 3.29. The van der Waals surface area contributed by atoms with Gasteiger partial charge in [-0.1, -0.05) is 36.0 Å². The van der Waals surface area contributed by atoms with Gasteiger partial charge in [-0.15, -0.1) is 10.2 Å². The molecule has 0 aliphatic carbocycles. The number of nitrogens with one attached hydrogen (secondary N) is 2. The quantitative estimate of drug-likeness (QED) is 0.500. The number of amides is 1. The third-order valence-electron chi connectivity index (χ3n) is 3.95. The Kier molecular flexibility index (Phi) is 4.64. The van der Waals surface area contributed by atoms with Gasteiger partial charge in [-0.25, -0.2) is 4.39 Å². The van der Waals surface area contributed by atoms with Crippen LogP contribution in [0.2, 0.25) is 0 Å². The Balaban J connectivity index is 1.41. The first-order valence-electron chi connectivity index (χ1n) is 8.19. The molecule has 0 bridgehead atoms. The second-order valence-corrected chi connectivity index (χ2v) is 6.87. The normalized spacial score (nSPS) is 11.0. The second-order valence-electron chi connectivity index (χ2n) is 5.94. The van der Waals surface area contributed by atoms with Crippen LogP contribution in [0.4, 0.5) is 10.1 Å². The van der Waals surface area contributed by atoms with Crippen LogP contribution in [0.3, 0.4) is 0 Å². The standard InChI is InChI=1S/C19H15FN4O2S/c1-11-6-7-16(14(20)8-11)22-17(25)10-27-19-24-23-18(26-19)13-9-21-15-5-3-2-4-12(13)15/h2-9,21H,10H2,1H3,(H,22,25). The fraction of sp³-hybridized carbons (Fsp3) is 0.105. The van der Waals surface area contributed by atoms with E-state index in [1.165, 1.54) is 12.1 Å². The molecule has 0 spiro atoms. The molecule has 2 aromatic carbocycles. The van der Waals surface area contributed by atoms with Crippen LogP contribution in [0, 0.1) is 12.7 Å². The summed E-state index contributed by atoms with van der Waals surface area (Å²) in [6.07, 6.45) is 1.81. The summed E-state index contributed by atoms with van der Waals surface area (Å²) in [6, 6.07) is 12.4. The lowest BCUT2D eigenvalue weighted by atomic mass is 10.2. The predicted molar refractivity (Wildman–Crippen MR) is 102 cm³/mol. The summed E-state index contributed by atoms with van der Waals surface area (Å²) in [5.74, 6) is -0.412. The molecule has 136 valence electrons. The minimum absolute atomic E-state index is 0.0306. The summed E-state index contributed by atoms with van der Waals surface area (Å²) in [5.41, 5.74) is 2.71. The molecular weight excluding hydrogens is 367 g/mol. The van der Waals surface area contributed by atoms with Crippen LogP contribution in [-0.2, 0) is 4.79 Å². The molecule has 4 rings (SSSR count). The Morgan fingerprint density at radius 1 is 1.26 bits per heavy atom. The fourth-order valence-electron chi connectivity index (χ4n) is 2.66. The summed E-state index contributed by atoms with van der Waals surface area (Å²) in [5, 5.41) is 11.8. The molecule has 6 nitrogen and oxygen atoms in total. The van der Waals surface area contributed by atoms with Crippen molar-refractivity contribution in [2.75, 3.05) is 11.1 Å². The predicted octanol–water partition coefficient (Wildman–Crippen LogP) is 4.40. The van der Waals surface area contributed by atoms with E-state index < -0.39 is 5.82 Å². The molecule has 27 heavy (non-hydrogen) atoms. The first-order valence-corrected chi connectivity index (χ1v) is 9.17. The molecular formula is C19H15FN4O2S. The molecule has 0 fully saturated rings. The minimum Gasteiger partial charge on any atom is -0.411 e. The Bertz CT molecular complexity index is 1120. The van der Waals surface area contributed by atoms with E-state index in [2.05, 4.69) is 20.5 Å². The number of aryl methyl sites for hydroxylation is 1. The van der Waals surface area contributed by atoms with Crippen molar-refractivity contribution >= 4 is 34.3 Å². The van der Waals surface area contributed by atoms with Gasteiger partial charge in [0.2, 0.25) is 5.91 Å². The molecule has 8 heteroatoms. The Morgan fingerprint density at radius 3 is 2.96 bits per heavy atom. The van der Waals surface area contributed by atoms with Crippen molar-refractivity contribution in [2.24, 2.45) is 0 Å². The van der Waals surface area contributed by atoms with Crippen molar-refractivity contribution in [3.8, 4) is 11.5 Å². The number of nitrogens with zero attached hydrogens (tertiary/aromatic N) is 2. The molecule has 0 atom stereocenters. The molecule has 2 heterocycles. The number of rotatable bonds is 5. The van der Waals surface area contributed by atoms with Crippen LogP contribution in [0.5, 0.6) is 0 Å². The highest BCUT2D eigenvalue weighted by Gasteiger charge is 2.15. The number of aromatic amines is 1. The highest BCUT2D eigenvalue weighted by atomic mass is 32.2. The van der Waals surface area contributed by atoms with E-state index in [0.717, 1.165) is 33.8 Å². The minimum atomic E-state index is -0.465. The molecule has 0 aliphatic rings. The second kappa shape index (κ2) is 7.24. The molecule has 0 unspecified atom stereocenters. The zero-order valence-electron chi connectivity index (χ0n) is 14.3. The topological polar surface area (TPSA) is 83.8 Å². The van der Waals surface area contributed by atoms with Crippen molar-refractivity contribution in [3.05, 3.63) is 60.0 Å². The van der Waals surface area contributed by atoms with Gasteiger partial charge in [0, 0.05) is 17.1 Å². The van der Waals surface area contributed by atoms with Crippen molar-refractivity contribution in [2.45, 2.75) is 12.1 Å². The third-order valence-corrected chi connectivity index (χ3v) is 4.77. The van der Waals surface area contributed by atoms with Crippen molar-refractivity contribution < 1.29 is 13.6 Å². The number of anilines is 1. The monoisotopic (exact) mass is 382 g/mol. The van der Waals surface area contributed by atoms with E-state index in [-0.39, 0.29) is 22.6 Å². The van der Waals surface area contributed by atoms with E-state index in [0.29, 0.717) is 5.89 Å². The Hall–Kier alpha value is -3.13. The zero-order chi connectivity index (χ0) is 18.8. The average molecular weight is 382 g/mol. The van der Waals surface area contributed by atoms with Gasteiger partial charge in [-0.3, -0.25) is 4.79 Å². The summed E-state index contributed by atoms with van der Waals surface area (Å²) in [7, 11) is 0. The molecule has 0 radical (unpaired) electrons. The van der Waals surface area contributed by atoms with E-state index >= 15 is 0 Å². The zero-order valence-corrected chi connectivity index (χ0v) is 15.1. The molecule has 2 N–H and O–H groups in total. The summed E-state index contributed by atoms with van der Waals surface area (Å²) in [4.78, 5) is 15.2. The van der Waals surface area contributed by atoms with Crippen molar-refractivity contribution in [1.82, 2.24) is 15.2 Å². The van der Waals surface area contributed by atoms with E-state index in [4.69, 9.17) is 4.42 Å². The van der Waals surface area contributed by atoms with Gasteiger partial charge in [0.05, 0.1) is 17.0 Å². The highest BCUT2D eigenvalue weighted by Crippen LogP contribution is 2.29. The van der Waals surface area contributed by atoms with E-state index in [1.807, 2.05) is 24.3 Å². The molecule has 1 amide bonds. The summed E-state index contributed by atoms with van der Waals surface area (Å²) >= 11 is 1.10. The van der Waals surface area contributed by atoms with Crippen molar-refractivity contribution in [3.63, 3.8) is 0 Å². The number of carbonyl (C=O) groups excluding carboxylic acids is 1. The maximum absolute atomic E-state index is 13.8. The number of para-hydroxylation sites is 1. The number of fused-ring (bicyclic) bond motifs is 1. The number of hydrogen-bond acceptors (Lipinski definition) is 5. The number of carbonyl (C=O) groups is 1. The maximum atomic E-state index is 13.8. The van der Waals surface area contributed by atoms with Crippen LogP contribution >= 0.6 is 11.8 Å². The van der Waals surface area contributed by atoms with Crippen LogP contribution in [-0.4, -0.2) is 26.8 Å². The number of benzene rings is 2. The lowest BCUT2D eigenvalue weighted by Crippen LogP contribution is -2.15. The van der Waals surface area contributed by atoms with Crippen LogP contribution in [0.1, 0.15) is 5.56 Å². The fourth-order valence-corrected chi connectivity index (χ4v) is 3.22. The lowest BCUT2D eigenvalue weighted by Gasteiger charge is -2.05. The molecule has 4 aromatic rings. The molecule has 0 aliphatic heterocycles. The van der Waals surface area contributed by atoms with Crippen LogP contribution in [0.15, 0.2) is 58.3 Å². The van der Waals surface area contributed by atoms with Gasteiger partial charge in [0.25, 0.3) is 11.1 Å². The van der Waals surface area contributed by atoms with Crippen molar-refractivity contribution in [1.29, 1.82) is 0 Å². The highest BCUT2D eigenvalue weighted by molar-refractivity contribution is 7.99. The van der Waals surface area contributed by atoms with Gasteiger partial charge in [-0.2, -0.15) is 0 Å². The SMILES string of the molecule is Cc1ccc(NC(=O)CSc2nnc(-c3c[nH]c4ccccc34)o2)c(F)c1. The third kappa shape index (κ3) is 3.70. The van der Waals surface area contributed by atoms with E-state index in [1.54, 1.807) is 19.2 Å². The number of aromatic nitrogens is 3. The first-order chi connectivity index (χ1) is 13.1. The van der Waals surface area contributed by atoms with E-state index in [9.17, 15) is 9.18 Å². The first kappa shape index (κ1) is 17.3. The summed E-state index contributed by atoms with van der Waals surface area (Å²) in [6.45, 7) is 1.78. The van der Waals surface area contributed by atoms with Gasteiger partial charge in [-0.05, 0) is 30.7 Å². The maximum Gasteiger partial charge on any atom is 0.277 e. The van der Waals surface area contributed by atoms with Crippen LogP contribution < -0.4 is 5.32 Å². The van der Waals surface area contributed by atoms with Crippen LogP contribution in [0.25, 0.3) is 22.4 Å². The number of halogens is 1. The van der Waals surface area contributed by atoms with Gasteiger partial charge >= 0.3 is 0 Å². The Morgan fingerprint density at radius 2 is 2.11 bits per heavy atom. The molecule has 0 saturated heterocycles. The smallest absolute Gasteiger partial charge is 0.277 e. The number of H-pyrrole nitrogens is 1. The van der Waals surface area contributed by atoms with Gasteiger partial charge < -0.3 is 14.7 Å². The number of hydrogen-bond donors (Lipinski definition) is 2. The largest absolute Gasteiger partial charge is 0.411 e. The van der Waals surface area contributed by atoms with Gasteiger partial charge in [0.1, 0.15) is 5.82 Å².